The van der Waals surface area contributed by atoms with Crippen LogP contribution in [0.2, 0.25) is 0 Å². The molecule has 0 aliphatic heterocycles. The average Bonchev–Trinajstić information content (AvgIpc) is 2.16. The molecule has 0 amide bonds. The third-order valence-corrected chi connectivity index (χ3v) is 3.26. The minimum Gasteiger partial charge on any atom is -0.391 e. The van der Waals surface area contributed by atoms with Gasteiger partial charge in [0.05, 0.1) is 6.10 Å². The van der Waals surface area contributed by atoms with Gasteiger partial charge in [-0.1, -0.05) is 6.92 Å². The molecule has 0 aromatic heterocycles. The van der Waals surface area contributed by atoms with E-state index in [9.17, 15) is 5.11 Å². The largest absolute Gasteiger partial charge is 0.391 e. The Labute approximate surface area is 106 Å². The molecule has 78 valence electrons. The fraction of sp³-hybridized carbons (Fsp3) is 0.400. The minimum absolute atomic E-state index is 0.277. The highest BCUT2D eigenvalue weighted by Crippen LogP contribution is 2.24. The molecule has 0 fully saturated rings. The van der Waals surface area contributed by atoms with Crippen molar-refractivity contribution >= 4 is 44.2 Å². The number of rotatable bonds is 4. The summed E-state index contributed by atoms with van der Waals surface area (Å²) >= 11 is 5.73. The summed E-state index contributed by atoms with van der Waals surface area (Å²) in [4.78, 5) is 0. The SMILES string of the molecule is CC[C@@H](O)CNc1ccc(I)cc1Br. The van der Waals surface area contributed by atoms with Gasteiger partial charge < -0.3 is 10.4 Å². The fourth-order valence-electron chi connectivity index (χ4n) is 1.00. The highest BCUT2D eigenvalue weighted by atomic mass is 127. The number of aliphatic hydroxyl groups is 1. The van der Waals surface area contributed by atoms with Crippen LogP contribution in [0.25, 0.3) is 0 Å². The van der Waals surface area contributed by atoms with E-state index in [0.717, 1.165) is 16.6 Å². The lowest BCUT2D eigenvalue weighted by Gasteiger charge is -2.12. The maximum atomic E-state index is 9.39. The number of anilines is 1. The highest BCUT2D eigenvalue weighted by molar-refractivity contribution is 14.1. The standard InChI is InChI=1S/C10H13BrINO/c1-2-8(14)6-13-10-4-3-7(12)5-9(10)11/h3-5,8,13-14H,2,6H2,1H3/t8-/m1/s1. The van der Waals surface area contributed by atoms with E-state index in [-0.39, 0.29) is 6.10 Å². The summed E-state index contributed by atoms with van der Waals surface area (Å²) in [7, 11) is 0. The first kappa shape index (κ1) is 12.3. The molecule has 1 rings (SSSR count). The van der Waals surface area contributed by atoms with Gasteiger partial charge in [-0.05, 0) is 63.1 Å². The molecule has 14 heavy (non-hydrogen) atoms. The Morgan fingerprint density at radius 1 is 1.57 bits per heavy atom. The lowest BCUT2D eigenvalue weighted by Crippen LogP contribution is -2.18. The van der Waals surface area contributed by atoms with Gasteiger partial charge in [-0.2, -0.15) is 0 Å². The van der Waals surface area contributed by atoms with E-state index in [4.69, 9.17) is 0 Å². The van der Waals surface area contributed by atoms with Crippen molar-refractivity contribution in [2.45, 2.75) is 19.4 Å². The maximum absolute atomic E-state index is 9.39. The minimum atomic E-state index is -0.277. The van der Waals surface area contributed by atoms with Crippen LogP contribution in [0.5, 0.6) is 0 Å². The molecule has 0 heterocycles. The molecular formula is C10H13BrINO. The Hall–Kier alpha value is 0.190. The van der Waals surface area contributed by atoms with Gasteiger partial charge in [-0.15, -0.1) is 0 Å². The maximum Gasteiger partial charge on any atom is 0.0709 e. The third kappa shape index (κ3) is 3.74. The van der Waals surface area contributed by atoms with Crippen molar-refractivity contribution in [2.24, 2.45) is 0 Å². The summed E-state index contributed by atoms with van der Waals surface area (Å²) in [5, 5.41) is 12.6. The van der Waals surface area contributed by atoms with E-state index in [1.165, 1.54) is 3.57 Å². The van der Waals surface area contributed by atoms with Crippen LogP contribution in [-0.4, -0.2) is 17.8 Å². The molecule has 1 aromatic rings. The Balaban J connectivity index is 2.59. The number of nitrogens with one attached hydrogen (secondary N) is 1. The van der Waals surface area contributed by atoms with Crippen molar-refractivity contribution in [3.63, 3.8) is 0 Å². The Morgan fingerprint density at radius 2 is 2.29 bits per heavy atom. The zero-order chi connectivity index (χ0) is 10.6. The average molecular weight is 370 g/mol. The molecule has 0 radical (unpaired) electrons. The van der Waals surface area contributed by atoms with Crippen LogP contribution >= 0.6 is 38.5 Å². The second-order valence-electron chi connectivity index (χ2n) is 3.07. The summed E-state index contributed by atoms with van der Waals surface area (Å²) < 4.78 is 2.23. The number of benzene rings is 1. The number of hydrogen-bond donors (Lipinski definition) is 2. The van der Waals surface area contributed by atoms with E-state index >= 15 is 0 Å². The predicted octanol–water partition coefficient (Wildman–Crippen LogP) is 3.24. The summed E-state index contributed by atoms with van der Waals surface area (Å²) in [5.41, 5.74) is 1.03. The Bertz CT molecular complexity index is 306. The van der Waals surface area contributed by atoms with E-state index in [2.05, 4.69) is 43.8 Å². The number of hydrogen-bond acceptors (Lipinski definition) is 2. The van der Waals surface area contributed by atoms with Gasteiger partial charge in [0.25, 0.3) is 0 Å². The molecule has 2 nitrogen and oxygen atoms in total. The predicted molar refractivity (Wildman–Crippen MR) is 71.6 cm³/mol. The zero-order valence-corrected chi connectivity index (χ0v) is 11.7. The van der Waals surface area contributed by atoms with E-state index in [1.54, 1.807) is 0 Å². The molecule has 4 heteroatoms. The van der Waals surface area contributed by atoms with Crippen molar-refractivity contribution < 1.29 is 5.11 Å². The van der Waals surface area contributed by atoms with Crippen molar-refractivity contribution in [3.8, 4) is 0 Å². The van der Waals surface area contributed by atoms with Crippen molar-refractivity contribution in [1.29, 1.82) is 0 Å². The zero-order valence-electron chi connectivity index (χ0n) is 7.93. The lowest BCUT2D eigenvalue weighted by atomic mass is 10.2. The molecule has 1 aromatic carbocycles. The van der Waals surface area contributed by atoms with E-state index in [0.29, 0.717) is 6.54 Å². The quantitative estimate of drug-likeness (QED) is 0.798. The number of halogens is 2. The summed E-state index contributed by atoms with van der Waals surface area (Å²) in [6.45, 7) is 2.56. The van der Waals surface area contributed by atoms with Gasteiger partial charge in [0.2, 0.25) is 0 Å². The third-order valence-electron chi connectivity index (χ3n) is 1.93. The van der Waals surface area contributed by atoms with Gasteiger partial charge in [0.15, 0.2) is 0 Å². The molecule has 0 aliphatic carbocycles. The van der Waals surface area contributed by atoms with Gasteiger partial charge >= 0.3 is 0 Å². The molecule has 0 bridgehead atoms. The second-order valence-corrected chi connectivity index (χ2v) is 5.17. The van der Waals surface area contributed by atoms with Crippen molar-refractivity contribution in [2.75, 3.05) is 11.9 Å². The number of aliphatic hydroxyl groups excluding tert-OH is 1. The molecular weight excluding hydrogens is 357 g/mol. The fourth-order valence-corrected chi connectivity index (χ4v) is 2.44. The van der Waals surface area contributed by atoms with E-state index in [1.807, 2.05) is 25.1 Å². The van der Waals surface area contributed by atoms with Crippen LogP contribution < -0.4 is 5.32 Å². The molecule has 0 spiro atoms. The first-order valence-corrected chi connectivity index (χ1v) is 6.37. The first-order valence-electron chi connectivity index (χ1n) is 4.50. The molecule has 2 N–H and O–H groups in total. The second kappa shape index (κ2) is 5.92. The highest BCUT2D eigenvalue weighted by Gasteiger charge is 2.03. The molecule has 0 saturated heterocycles. The topological polar surface area (TPSA) is 32.3 Å². The van der Waals surface area contributed by atoms with Crippen LogP contribution in [-0.2, 0) is 0 Å². The van der Waals surface area contributed by atoms with Crippen molar-refractivity contribution in [3.05, 3.63) is 26.2 Å². The van der Waals surface area contributed by atoms with Crippen LogP contribution in [0.15, 0.2) is 22.7 Å². The molecule has 1 atom stereocenters. The van der Waals surface area contributed by atoms with Gasteiger partial charge in [-0.3, -0.25) is 0 Å². The van der Waals surface area contributed by atoms with Crippen LogP contribution in [0.1, 0.15) is 13.3 Å². The molecule has 0 aliphatic rings. The summed E-state index contributed by atoms with van der Waals surface area (Å²) in [6, 6.07) is 6.08. The smallest absolute Gasteiger partial charge is 0.0709 e. The van der Waals surface area contributed by atoms with Crippen LogP contribution in [0.4, 0.5) is 5.69 Å². The summed E-state index contributed by atoms with van der Waals surface area (Å²) in [5.74, 6) is 0. The van der Waals surface area contributed by atoms with Crippen LogP contribution in [0.3, 0.4) is 0 Å². The van der Waals surface area contributed by atoms with Gasteiger partial charge in [0.1, 0.15) is 0 Å². The van der Waals surface area contributed by atoms with Gasteiger partial charge in [-0.25, -0.2) is 0 Å². The normalized spacial score (nSPS) is 12.6. The van der Waals surface area contributed by atoms with Gasteiger partial charge in [0, 0.05) is 20.3 Å². The summed E-state index contributed by atoms with van der Waals surface area (Å²) in [6.07, 6.45) is 0.496. The van der Waals surface area contributed by atoms with Crippen LogP contribution in [0, 0.1) is 3.57 Å². The monoisotopic (exact) mass is 369 g/mol. The Kier molecular flexibility index (Phi) is 5.19. The molecule has 0 saturated carbocycles. The molecule has 0 unspecified atom stereocenters. The van der Waals surface area contributed by atoms with Crippen molar-refractivity contribution in [1.82, 2.24) is 0 Å². The Morgan fingerprint density at radius 3 is 2.86 bits per heavy atom. The lowest BCUT2D eigenvalue weighted by molar-refractivity contribution is 0.183. The first-order chi connectivity index (χ1) is 6.63. The van der Waals surface area contributed by atoms with E-state index < -0.39 is 0 Å².